The fourth-order valence-electron chi connectivity index (χ4n) is 4.62. The van der Waals surface area contributed by atoms with E-state index in [0.29, 0.717) is 12.3 Å². The Bertz CT molecular complexity index is 707. The second-order valence-electron chi connectivity index (χ2n) is 8.05. The Kier molecular flexibility index (Phi) is 5.12. The van der Waals surface area contributed by atoms with Gasteiger partial charge in [0.2, 0.25) is 0 Å². The molecule has 3 fully saturated rings. The average Bonchev–Trinajstić information content (AvgIpc) is 3.44. The summed E-state index contributed by atoms with van der Waals surface area (Å²) in [7, 11) is 3.23. The van der Waals surface area contributed by atoms with Crippen molar-refractivity contribution in [2.45, 2.75) is 56.3 Å². The molecule has 1 heterocycles. The molecule has 148 valence electrons. The highest BCUT2D eigenvalue weighted by Crippen LogP contribution is 2.44. The molecule has 27 heavy (non-hydrogen) atoms. The number of ether oxygens (including phenoxy) is 3. The molecule has 6 heteroatoms. The van der Waals surface area contributed by atoms with Gasteiger partial charge < -0.3 is 19.1 Å². The van der Waals surface area contributed by atoms with Gasteiger partial charge in [-0.2, -0.15) is 0 Å². The van der Waals surface area contributed by atoms with Crippen molar-refractivity contribution >= 4 is 5.91 Å². The molecule has 3 atom stereocenters. The van der Waals surface area contributed by atoms with Gasteiger partial charge in [0.05, 0.1) is 30.4 Å². The van der Waals surface area contributed by atoms with E-state index in [2.05, 4.69) is 0 Å². The first-order valence-electron chi connectivity index (χ1n) is 9.87. The third-order valence-corrected chi connectivity index (χ3v) is 6.46. The molecule has 0 aromatic heterocycles. The van der Waals surface area contributed by atoms with E-state index < -0.39 is 5.82 Å². The van der Waals surface area contributed by atoms with Gasteiger partial charge in [0.25, 0.3) is 5.91 Å². The normalized spacial score (nSPS) is 30.3. The van der Waals surface area contributed by atoms with Crippen molar-refractivity contribution in [1.29, 1.82) is 0 Å². The topological polar surface area (TPSA) is 48.0 Å². The van der Waals surface area contributed by atoms with Crippen LogP contribution >= 0.6 is 0 Å². The quantitative estimate of drug-likeness (QED) is 0.762. The number of rotatable bonds is 6. The second-order valence-corrected chi connectivity index (χ2v) is 8.05. The fourth-order valence-corrected chi connectivity index (χ4v) is 4.62. The highest BCUT2D eigenvalue weighted by molar-refractivity contribution is 5.97. The molecule has 1 aromatic rings. The zero-order valence-corrected chi connectivity index (χ0v) is 16.1. The number of halogens is 1. The van der Waals surface area contributed by atoms with Crippen LogP contribution in [-0.4, -0.2) is 55.9 Å². The van der Waals surface area contributed by atoms with Crippen LogP contribution in [0.15, 0.2) is 18.2 Å². The first kappa shape index (κ1) is 18.7. The summed E-state index contributed by atoms with van der Waals surface area (Å²) in [6.45, 7) is 1.43. The number of carbonyl (C=O) groups is 1. The molecule has 0 radical (unpaired) electrons. The number of methoxy groups -OCH3 is 2. The summed E-state index contributed by atoms with van der Waals surface area (Å²) in [6.07, 6.45) is 6.10. The monoisotopic (exact) mass is 377 g/mol. The summed E-state index contributed by atoms with van der Waals surface area (Å²) >= 11 is 0. The molecule has 2 saturated carbocycles. The lowest BCUT2D eigenvalue weighted by Gasteiger charge is -2.43. The molecule has 3 aliphatic rings. The van der Waals surface area contributed by atoms with E-state index in [1.54, 1.807) is 7.11 Å². The summed E-state index contributed by atoms with van der Waals surface area (Å²) in [6, 6.07) is 4.02. The van der Waals surface area contributed by atoms with E-state index in [1.165, 1.54) is 38.2 Å². The number of nitrogens with zero attached hydrogens (tertiary/aromatic N) is 1. The van der Waals surface area contributed by atoms with Gasteiger partial charge in [0.1, 0.15) is 11.6 Å². The number of fused-ring (bicyclic) bond motifs is 1. The fraction of sp³-hybridized carbons (Fsp3) is 0.667. The Labute approximate surface area is 159 Å². The van der Waals surface area contributed by atoms with Crippen LogP contribution in [0.4, 0.5) is 4.39 Å². The largest absolute Gasteiger partial charge is 0.496 e. The number of likely N-dealkylation sites (tertiary alicyclic amines) is 1. The van der Waals surface area contributed by atoms with Crippen molar-refractivity contribution in [1.82, 2.24) is 4.90 Å². The van der Waals surface area contributed by atoms with Crippen molar-refractivity contribution in [3.05, 3.63) is 29.6 Å². The zero-order chi connectivity index (χ0) is 19.0. The Morgan fingerprint density at radius 1 is 1.26 bits per heavy atom. The minimum Gasteiger partial charge on any atom is -0.496 e. The summed E-state index contributed by atoms with van der Waals surface area (Å²) < 4.78 is 31.1. The van der Waals surface area contributed by atoms with E-state index in [0.717, 1.165) is 38.2 Å². The molecule has 1 aromatic carbocycles. The Balaban J connectivity index is 1.55. The van der Waals surface area contributed by atoms with E-state index in [1.807, 2.05) is 4.90 Å². The highest BCUT2D eigenvalue weighted by atomic mass is 19.1. The second kappa shape index (κ2) is 7.40. The molecule has 5 nitrogen and oxygen atoms in total. The Morgan fingerprint density at radius 3 is 2.78 bits per heavy atom. The van der Waals surface area contributed by atoms with Crippen LogP contribution in [0.5, 0.6) is 5.75 Å². The van der Waals surface area contributed by atoms with Gasteiger partial charge in [-0.25, -0.2) is 4.39 Å². The van der Waals surface area contributed by atoms with Crippen LogP contribution in [0, 0.1) is 11.7 Å². The van der Waals surface area contributed by atoms with Gasteiger partial charge in [0.15, 0.2) is 0 Å². The zero-order valence-electron chi connectivity index (χ0n) is 16.1. The van der Waals surface area contributed by atoms with Crippen molar-refractivity contribution in [3.8, 4) is 5.75 Å². The lowest BCUT2D eigenvalue weighted by atomic mass is 9.79. The van der Waals surface area contributed by atoms with Gasteiger partial charge >= 0.3 is 0 Å². The SMILES string of the molecule is COc1ccc(F)cc1C(=O)N1CC[C@]2(OC)CC[C@H](OCC3CC3)C[C@H]12. The molecule has 1 amide bonds. The number of hydrogen-bond acceptors (Lipinski definition) is 4. The van der Waals surface area contributed by atoms with Crippen LogP contribution in [0.2, 0.25) is 0 Å². The minimum atomic E-state index is -0.439. The predicted molar refractivity (Wildman–Crippen MR) is 98.4 cm³/mol. The number of benzene rings is 1. The standard InChI is InChI=1S/C21H28FNO4/c1-25-18-6-5-15(22)11-17(18)20(24)23-10-9-21(26-2)8-7-16(12-19(21)23)27-13-14-3-4-14/h5-6,11,14,16,19H,3-4,7-10,12-13H2,1-2H3/t16-,19-,21+/m0/s1. The maximum Gasteiger partial charge on any atom is 0.258 e. The molecule has 4 rings (SSSR count). The van der Waals surface area contributed by atoms with E-state index in [-0.39, 0.29) is 29.2 Å². The molecule has 0 spiro atoms. The van der Waals surface area contributed by atoms with Gasteiger partial charge in [-0.05, 0) is 62.6 Å². The van der Waals surface area contributed by atoms with Gasteiger partial charge in [-0.15, -0.1) is 0 Å². The maximum atomic E-state index is 13.8. The number of amides is 1. The Morgan fingerprint density at radius 2 is 2.07 bits per heavy atom. The van der Waals surface area contributed by atoms with Crippen LogP contribution in [0.1, 0.15) is 48.9 Å². The van der Waals surface area contributed by atoms with Gasteiger partial charge in [0, 0.05) is 20.3 Å². The van der Waals surface area contributed by atoms with Crippen molar-refractivity contribution < 1.29 is 23.4 Å². The lowest BCUT2D eigenvalue weighted by molar-refractivity contribution is -0.0977. The van der Waals surface area contributed by atoms with Crippen LogP contribution in [0.3, 0.4) is 0 Å². The molecule has 0 N–H and O–H groups in total. The summed E-state index contributed by atoms with van der Waals surface area (Å²) in [5, 5.41) is 0. The molecule has 2 aliphatic carbocycles. The average molecular weight is 377 g/mol. The van der Waals surface area contributed by atoms with Crippen LogP contribution < -0.4 is 4.74 Å². The first-order chi connectivity index (χ1) is 13.1. The van der Waals surface area contributed by atoms with Gasteiger partial charge in [-0.3, -0.25) is 4.79 Å². The number of hydrogen-bond donors (Lipinski definition) is 0. The van der Waals surface area contributed by atoms with Crippen molar-refractivity contribution in [2.75, 3.05) is 27.4 Å². The lowest BCUT2D eigenvalue weighted by Crippen LogP contribution is -2.53. The molecule has 1 aliphatic heterocycles. The number of carbonyl (C=O) groups excluding carboxylic acids is 1. The van der Waals surface area contributed by atoms with Crippen LogP contribution in [0.25, 0.3) is 0 Å². The maximum absolute atomic E-state index is 13.8. The molecular weight excluding hydrogens is 349 g/mol. The van der Waals surface area contributed by atoms with E-state index >= 15 is 0 Å². The summed E-state index contributed by atoms with van der Waals surface area (Å²) in [5.74, 6) is 0.481. The third kappa shape index (κ3) is 3.57. The summed E-state index contributed by atoms with van der Waals surface area (Å²) in [5.41, 5.74) is -0.0548. The van der Waals surface area contributed by atoms with Crippen molar-refractivity contribution in [2.24, 2.45) is 5.92 Å². The smallest absolute Gasteiger partial charge is 0.258 e. The van der Waals surface area contributed by atoms with E-state index in [9.17, 15) is 9.18 Å². The molecule has 0 unspecified atom stereocenters. The molecular formula is C21H28FNO4. The van der Waals surface area contributed by atoms with Crippen molar-refractivity contribution in [3.63, 3.8) is 0 Å². The summed E-state index contributed by atoms with van der Waals surface area (Å²) in [4.78, 5) is 15.1. The Hall–Kier alpha value is -1.66. The van der Waals surface area contributed by atoms with Crippen LogP contribution in [-0.2, 0) is 9.47 Å². The third-order valence-electron chi connectivity index (χ3n) is 6.46. The first-order valence-corrected chi connectivity index (χ1v) is 9.87. The van der Waals surface area contributed by atoms with E-state index in [4.69, 9.17) is 14.2 Å². The molecule has 0 bridgehead atoms. The van der Waals surface area contributed by atoms with Gasteiger partial charge in [-0.1, -0.05) is 0 Å². The minimum absolute atomic E-state index is 0.0547. The molecule has 1 saturated heterocycles. The highest BCUT2D eigenvalue weighted by Gasteiger charge is 2.53. The predicted octanol–water partition coefficient (Wildman–Crippen LogP) is 3.41.